The zero-order chi connectivity index (χ0) is 10.7. The molecule has 0 aromatic rings. The lowest BCUT2D eigenvalue weighted by Crippen LogP contribution is -2.29. The van der Waals surface area contributed by atoms with Gasteiger partial charge in [0.2, 0.25) is 0 Å². The maximum atomic E-state index is 3.42. The van der Waals surface area contributed by atoms with Gasteiger partial charge in [0.25, 0.3) is 0 Å². The quantitative estimate of drug-likeness (QED) is 0.696. The molecule has 4 unspecified atom stereocenters. The molecule has 2 aliphatic carbocycles. The first-order valence-corrected chi connectivity index (χ1v) is 6.40. The number of fused-ring (bicyclic) bond motifs is 2. The number of hydrogen-bond acceptors (Lipinski definition) is 1. The maximum absolute atomic E-state index is 3.42. The Morgan fingerprint density at radius 3 is 2.73 bits per heavy atom. The molecule has 1 N–H and O–H groups in total. The Morgan fingerprint density at radius 1 is 1.33 bits per heavy atom. The van der Waals surface area contributed by atoms with Gasteiger partial charge in [-0.2, -0.15) is 0 Å². The minimum Gasteiger partial charge on any atom is -0.316 e. The molecule has 2 fully saturated rings. The zero-order valence-electron chi connectivity index (χ0n) is 10.1. The Kier molecular flexibility index (Phi) is 3.70. The van der Waals surface area contributed by atoms with E-state index in [4.69, 9.17) is 0 Å². The monoisotopic (exact) mass is 205 g/mol. The van der Waals surface area contributed by atoms with Crippen LogP contribution in [0.5, 0.6) is 0 Å². The first-order chi connectivity index (χ1) is 7.33. The van der Waals surface area contributed by atoms with Gasteiger partial charge in [0, 0.05) is 12.5 Å². The van der Waals surface area contributed by atoms with E-state index in [1.807, 2.05) is 6.92 Å². The Balaban J connectivity index is 1.81. The fourth-order valence-electron chi connectivity index (χ4n) is 3.56. The second-order valence-electron chi connectivity index (χ2n) is 5.29. The largest absolute Gasteiger partial charge is 0.316 e. The number of nitrogens with one attached hydrogen (secondary N) is 1. The third-order valence-electron chi connectivity index (χ3n) is 4.41. The summed E-state index contributed by atoms with van der Waals surface area (Å²) in [5.41, 5.74) is 0. The van der Waals surface area contributed by atoms with E-state index < -0.39 is 0 Å². The third kappa shape index (κ3) is 2.55. The van der Waals surface area contributed by atoms with Crippen LogP contribution in [0.25, 0.3) is 0 Å². The second-order valence-corrected chi connectivity index (χ2v) is 5.29. The molecular weight excluding hydrogens is 182 g/mol. The zero-order valence-corrected chi connectivity index (χ0v) is 10.1. The Morgan fingerprint density at radius 2 is 2.20 bits per heavy atom. The van der Waals surface area contributed by atoms with Crippen molar-refractivity contribution in [2.45, 2.75) is 51.5 Å². The van der Waals surface area contributed by atoms with Crippen LogP contribution >= 0.6 is 0 Å². The predicted molar refractivity (Wildman–Crippen MR) is 64.5 cm³/mol. The van der Waals surface area contributed by atoms with Crippen molar-refractivity contribution in [1.29, 1.82) is 0 Å². The van der Waals surface area contributed by atoms with Crippen LogP contribution in [0.15, 0.2) is 0 Å². The molecule has 2 aliphatic rings. The van der Waals surface area contributed by atoms with Gasteiger partial charge in [0.15, 0.2) is 0 Å². The first kappa shape index (κ1) is 11.0. The lowest BCUT2D eigenvalue weighted by atomic mass is 9.83. The number of rotatable bonds is 4. The van der Waals surface area contributed by atoms with Gasteiger partial charge in [0.05, 0.1) is 0 Å². The SMILES string of the molecule is CC#CCC(CC1CC2CCC1C2)NC. The van der Waals surface area contributed by atoms with E-state index in [2.05, 4.69) is 24.2 Å². The van der Waals surface area contributed by atoms with Crippen molar-refractivity contribution in [3.05, 3.63) is 0 Å². The molecule has 15 heavy (non-hydrogen) atoms. The summed E-state index contributed by atoms with van der Waals surface area (Å²) >= 11 is 0. The molecule has 0 saturated heterocycles. The van der Waals surface area contributed by atoms with Gasteiger partial charge in [-0.1, -0.05) is 6.42 Å². The van der Waals surface area contributed by atoms with E-state index in [9.17, 15) is 0 Å². The van der Waals surface area contributed by atoms with Gasteiger partial charge < -0.3 is 5.32 Å². The smallest absolute Gasteiger partial charge is 0.0243 e. The normalized spacial score (nSPS) is 34.9. The lowest BCUT2D eigenvalue weighted by molar-refractivity contribution is 0.284. The molecule has 4 atom stereocenters. The Labute approximate surface area is 94.0 Å². The highest BCUT2D eigenvalue weighted by Crippen LogP contribution is 2.49. The highest BCUT2D eigenvalue weighted by atomic mass is 14.9. The van der Waals surface area contributed by atoms with Crippen molar-refractivity contribution in [3.63, 3.8) is 0 Å². The molecule has 84 valence electrons. The van der Waals surface area contributed by atoms with Crippen molar-refractivity contribution in [3.8, 4) is 11.8 Å². The topological polar surface area (TPSA) is 12.0 Å². The minimum atomic E-state index is 0.627. The standard InChI is InChI=1S/C14H23N/c1-3-4-5-14(15-2)10-13-9-11-6-7-12(13)8-11/h11-15H,5-10H2,1-2H3. The van der Waals surface area contributed by atoms with Crippen LogP contribution in [0.2, 0.25) is 0 Å². The molecule has 0 aliphatic heterocycles. The van der Waals surface area contributed by atoms with E-state index in [0.717, 1.165) is 24.2 Å². The van der Waals surface area contributed by atoms with Gasteiger partial charge >= 0.3 is 0 Å². The Hall–Kier alpha value is -0.480. The van der Waals surface area contributed by atoms with Gasteiger partial charge in [-0.15, -0.1) is 11.8 Å². The molecule has 0 radical (unpaired) electrons. The molecule has 0 heterocycles. The summed E-state index contributed by atoms with van der Waals surface area (Å²) in [6.45, 7) is 1.93. The van der Waals surface area contributed by atoms with Gasteiger partial charge in [-0.25, -0.2) is 0 Å². The van der Waals surface area contributed by atoms with Crippen molar-refractivity contribution in [2.75, 3.05) is 7.05 Å². The van der Waals surface area contributed by atoms with E-state index in [1.54, 1.807) is 0 Å². The van der Waals surface area contributed by atoms with Crippen LogP contribution in [-0.2, 0) is 0 Å². The van der Waals surface area contributed by atoms with Gasteiger partial charge in [0.1, 0.15) is 0 Å². The average molecular weight is 205 g/mol. The molecule has 0 aromatic heterocycles. The summed E-state index contributed by atoms with van der Waals surface area (Å²) in [7, 11) is 2.08. The Bertz CT molecular complexity index is 260. The second kappa shape index (κ2) is 5.03. The summed E-state index contributed by atoms with van der Waals surface area (Å²) in [4.78, 5) is 0. The molecular formula is C14H23N. The lowest BCUT2D eigenvalue weighted by Gasteiger charge is -2.25. The summed E-state index contributed by atoms with van der Waals surface area (Å²) in [5.74, 6) is 9.34. The highest BCUT2D eigenvalue weighted by Gasteiger charge is 2.39. The average Bonchev–Trinajstić information content (AvgIpc) is 2.85. The van der Waals surface area contributed by atoms with Crippen molar-refractivity contribution in [2.24, 2.45) is 17.8 Å². The summed E-state index contributed by atoms with van der Waals surface area (Å²) in [6, 6.07) is 0.627. The molecule has 0 spiro atoms. The fourth-order valence-corrected chi connectivity index (χ4v) is 3.56. The van der Waals surface area contributed by atoms with Crippen LogP contribution < -0.4 is 5.32 Å². The van der Waals surface area contributed by atoms with E-state index in [-0.39, 0.29) is 0 Å². The van der Waals surface area contributed by atoms with Crippen molar-refractivity contribution in [1.82, 2.24) is 5.32 Å². The van der Waals surface area contributed by atoms with E-state index in [1.165, 1.54) is 32.1 Å². The van der Waals surface area contributed by atoms with Gasteiger partial charge in [-0.05, 0) is 57.4 Å². The summed E-state index contributed by atoms with van der Waals surface area (Å²) in [5, 5.41) is 3.42. The van der Waals surface area contributed by atoms with Crippen LogP contribution in [0.3, 0.4) is 0 Å². The molecule has 2 rings (SSSR count). The molecule has 1 heteroatoms. The van der Waals surface area contributed by atoms with Crippen LogP contribution in [0, 0.1) is 29.6 Å². The van der Waals surface area contributed by atoms with Crippen molar-refractivity contribution >= 4 is 0 Å². The van der Waals surface area contributed by atoms with Crippen LogP contribution in [0.4, 0.5) is 0 Å². The predicted octanol–water partition coefficient (Wildman–Crippen LogP) is 2.81. The molecule has 1 nitrogen and oxygen atoms in total. The van der Waals surface area contributed by atoms with Crippen LogP contribution in [-0.4, -0.2) is 13.1 Å². The molecule has 2 saturated carbocycles. The molecule has 0 amide bonds. The third-order valence-corrected chi connectivity index (χ3v) is 4.41. The minimum absolute atomic E-state index is 0.627. The summed E-state index contributed by atoms with van der Waals surface area (Å²) < 4.78 is 0. The highest BCUT2D eigenvalue weighted by molar-refractivity contribution is 4.99. The summed E-state index contributed by atoms with van der Waals surface area (Å²) in [6.07, 6.45) is 8.43. The first-order valence-electron chi connectivity index (χ1n) is 6.40. The van der Waals surface area contributed by atoms with Crippen LogP contribution in [0.1, 0.15) is 45.4 Å². The van der Waals surface area contributed by atoms with Crippen molar-refractivity contribution < 1.29 is 0 Å². The van der Waals surface area contributed by atoms with Gasteiger partial charge in [-0.3, -0.25) is 0 Å². The van der Waals surface area contributed by atoms with E-state index in [0.29, 0.717) is 6.04 Å². The van der Waals surface area contributed by atoms with E-state index >= 15 is 0 Å². The fraction of sp³-hybridized carbons (Fsp3) is 0.857. The number of hydrogen-bond donors (Lipinski definition) is 1. The molecule has 2 bridgehead atoms. The maximum Gasteiger partial charge on any atom is 0.0243 e. The molecule has 0 aromatic carbocycles.